The second-order valence-electron chi connectivity index (χ2n) is 6.68. The molecule has 8 nitrogen and oxygen atoms in total. The van der Waals surface area contributed by atoms with Gasteiger partial charge in [0.15, 0.2) is 5.78 Å². The number of ketones is 1. The van der Waals surface area contributed by atoms with Crippen LogP contribution >= 0.6 is 0 Å². The third-order valence-electron chi connectivity index (χ3n) is 4.38. The van der Waals surface area contributed by atoms with Gasteiger partial charge in [-0.25, -0.2) is 9.67 Å². The maximum Gasteiger partial charge on any atom is 0.234 e. The fourth-order valence-corrected chi connectivity index (χ4v) is 2.78. The smallest absolute Gasteiger partial charge is 0.234 e. The molecule has 29 heavy (non-hydrogen) atoms. The molecule has 0 amide bonds. The molecule has 2 N–H and O–H groups in total. The largest absolute Gasteiger partial charge is 0.480 e. The van der Waals surface area contributed by atoms with Crippen molar-refractivity contribution in [2.45, 2.75) is 20.3 Å². The standard InChI is InChI=1S/C21H24N6O2/c1-6-16(28)10-15-9-13(2)7-8-17(15)23-20-14(3)12-22-21(25-20)24-18-11-19(29-5)26-27(18)4/h6-9,11-12H,1,10H2,2-5H3,(H2,22,23,24,25). The van der Waals surface area contributed by atoms with Gasteiger partial charge in [0.05, 0.1) is 7.11 Å². The van der Waals surface area contributed by atoms with E-state index in [-0.39, 0.29) is 12.2 Å². The minimum Gasteiger partial charge on any atom is -0.480 e. The Morgan fingerprint density at radius 1 is 1.28 bits per heavy atom. The predicted molar refractivity (Wildman–Crippen MR) is 113 cm³/mol. The minimum atomic E-state index is -0.0365. The molecule has 0 radical (unpaired) electrons. The van der Waals surface area contributed by atoms with E-state index in [0.717, 1.165) is 22.4 Å². The number of nitrogens with zero attached hydrogens (tertiary/aromatic N) is 4. The van der Waals surface area contributed by atoms with E-state index in [4.69, 9.17) is 4.74 Å². The van der Waals surface area contributed by atoms with Crippen LogP contribution in [0.3, 0.4) is 0 Å². The molecule has 3 rings (SSSR count). The molecule has 2 aromatic heterocycles. The van der Waals surface area contributed by atoms with Crippen molar-refractivity contribution in [3.63, 3.8) is 0 Å². The van der Waals surface area contributed by atoms with E-state index in [9.17, 15) is 4.79 Å². The minimum absolute atomic E-state index is 0.0365. The van der Waals surface area contributed by atoms with Crippen LogP contribution in [0.15, 0.2) is 43.1 Å². The third kappa shape index (κ3) is 4.78. The van der Waals surface area contributed by atoms with Crippen molar-refractivity contribution < 1.29 is 9.53 Å². The topological polar surface area (TPSA) is 94.0 Å². The Hall–Kier alpha value is -3.68. The van der Waals surface area contributed by atoms with Crippen LogP contribution in [-0.2, 0) is 18.3 Å². The van der Waals surface area contributed by atoms with Gasteiger partial charge >= 0.3 is 0 Å². The van der Waals surface area contributed by atoms with Gasteiger partial charge in [0.2, 0.25) is 11.8 Å². The fourth-order valence-electron chi connectivity index (χ4n) is 2.78. The number of hydrogen-bond acceptors (Lipinski definition) is 7. The molecule has 0 aliphatic heterocycles. The van der Waals surface area contributed by atoms with Crippen LogP contribution < -0.4 is 15.4 Å². The van der Waals surface area contributed by atoms with E-state index in [2.05, 4.69) is 32.3 Å². The Morgan fingerprint density at radius 3 is 2.76 bits per heavy atom. The van der Waals surface area contributed by atoms with Crippen molar-refractivity contribution in [2.75, 3.05) is 17.7 Å². The zero-order chi connectivity index (χ0) is 21.0. The molecule has 0 unspecified atom stereocenters. The molecule has 0 spiro atoms. The summed E-state index contributed by atoms with van der Waals surface area (Å²) in [6.45, 7) is 7.47. The molecule has 0 fully saturated rings. The SMILES string of the molecule is C=CC(=O)Cc1cc(C)ccc1Nc1nc(Nc2cc(OC)nn2C)ncc1C. The average molecular weight is 392 g/mol. The zero-order valence-electron chi connectivity index (χ0n) is 17.0. The number of nitrogens with one attached hydrogen (secondary N) is 2. The number of rotatable bonds is 8. The average Bonchev–Trinajstić information content (AvgIpc) is 3.05. The van der Waals surface area contributed by atoms with Crippen molar-refractivity contribution in [3.05, 3.63) is 59.8 Å². The van der Waals surface area contributed by atoms with Crippen LogP contribution in [0.2, 0.25) is 0 Å². The van der Waals surface area contributed by atoms with E-state index in [0.29, 0.717) is 23.5 Å². The fraction of sp³-hybridized carbons (Fsp3) is 0.238. The Kier molecular flexibility index (Phi) is 5.92. The van der Waals surface area contributed by atoms with Crippen molar-refractivity contribution in [1.29, 1.82) is 0 Å². The molecule has 0 atom stereocenters. The van der Waals surface area contributed by atoms with E-state index in [1.165, 1.54) is 6.08 Å². The van der Waals surface area contributed by atoms with Gasteiger partial charge in [-0.1, -0.05) is 24.3 Å². The van der Waals surface area contributed by atoms with Crippen LogP contribution in [0.1, 0.15) is 16.7 Å². The van der Waals surface area contributed by atoms with Crippen LogP contribution in [0.5, 0.6) is 5.88 Å². The predicted octanol–water partition coefficient (Wildman–Crippen LogP) is 3.62. The number of carbonyl (C=O) groups is 1. The molecule has 8 heteroatoms. The molecule has 0 aliphatic rings. The van der Waals surface area contributed by atoms with Gasteiger partial charge in [-0.2, -0.15) is 4.98 Å². The monoisotopic (exact) mass is 392 g/mol. The number of benzene rings is 1. The number of allylic oxidation sites excluding steroid dienone is 1. The molecule has 1 aromatic carbocycles. The number of methoxy groups -OCH3 is 1. The summed E-state index contributed by atoms with van der Waals surface area (Å²) >= 11 is 0. The highest BCUT2D eigenvalue weighted by molar-refractivity contribution is 5.92. The Labute approximate surface area is 169 Å². The molecular weight excluding hydrogens is 368 g/mol. The number of hydrogen-bond donors (Lipinski definition) is 2. The quantitative estimate of drug-likeness (QED) is 0.566. The number of carbonyl (C=O) groups excluding carboxylic acids is 1. The molecule has 0 saturated heterocycles. The van der Waals surface area contributed by atoms with Gasteiger partial charge in [0, 0.05) is 37.0 Å². The number of anilines is 4. The van der Waals surface area contributed by atoms with E-state index >= 15 is 0 Å². The molecule has 0 saturated carbocycles. The molecule has 0 aliphatic carbocycles. The molecule has 3 aromatic rings. The van der Waals surface area contributed by atoms with E-state index in [1.807, 2.05) is 32.0 Å². The van der Waals surface area contributed by atoms with Crippen LogP contribution in [0, 0.1) is 13.8 Å². The van der Waals surface area contributed by atoms with Gasteiger partial charge in [-0.15, -0.1) is 5.10 Å². The maximum atomic E-state index is 11.9. The lowest BCUT2D eigenvalue weighted by molar-refractivity contribution is -0.114. The summed E-state index contributed by atoms with van der Waals surface area (Å²) in [6.07, 6.45) is 3.35. The first-order chi connectivity index (χ1) is 13.9. The van der Waals surface area contributed by atoms with Crippen molar-refractivity contribution in [2.24, 2.45) is 7.05 Å². The Bertz CT molecular complexity index is 1060. The summed E-state index contributed by atoms with van der Waals surface area (Å²) in [5.41, 5.74) is 3.66. The summed E-state index contributed by atoms with van der Waals surface area (Å²) < 4.78 is 6.79. The van der Waals surface area contributed by atoms with E-state index < -0.39 is 0 Å². The number of aryl methyl sites for hydroxylation is 3. The number of ether oxygens (including phenoxy) is 1. The Balaban J connectivity index is 1.88. The van der Waals surface area contributed by atoms with Gasteiger partial charge < -0.3 is 15.4 Å². The first-order valence-corrected chi connectivity index (χ1v) is 9.10. The maximum absolute atomic E-state index is 11.9. The highest BCUT2D eigenvalue weighted by atomic mass is 16.5. The summed E-state index contributed by atoms with van der Waals surface area (Å²) in [5, 5.41) is 10.7. The van der Waals surface area contributed by atoms with Crippen molar-refractivity contribution >= 4 is 29.1 Å². The lowest BCUT2D eigenvalue weighted by Gasteiger charge is -2.14. The zero-order valence-corrected chi connectivity index (χ0v) is 17.0. The molecule has 2 heterocycles. The van der Waals surface area contributed by atoms with Crippen LogP contribution in [0.25, 0.3) is 0 Å². The normalized spacial score (nSPS) is 10.5. The Morgan fingerprint density at radius 2 is 2.07 bits per heavy atom. The summed E-state index contributed by atoms with van der Waals surface area (Å²) in [7, 11) is 3.36. The van der Waals surface area contributed by atoms with Crippen LogP contribution in [0.4, 0.5) is 23.3 Å². The van der Waals surface area contributed by atoms with Gasteiger partial charge in [0.25, 0.3) is 0 Å². The summed E-state index contributed by atoms with van der Waals surface area (Å²) in [5.74, 6) is 2.22. The lowest BCUT2D eigenvalue weighted by atomic mass is 10.0. The summed E-state index contributed by atoms with van der Waals surface area (Å²) in [4.78, 5) is 20.8. The lowest BCUT2D eigenvalue weighted by Crippen LogP contribution is -2.07. The number of aromatic nitrogens is 4. The first kappa shape index (κ1) is 20.1. The van der Waals surface area contributed by atoms with Gasteiger partial charge in [-0.05, 0) is 31.6 Å². The second-order valence-corrected chi connectivity index (χ2v) is 6.68. The van der Waals surface area contributed by atoms with E-state index in [1.54, 1.807) is 31.1 Å². The second kappa shape index (κ2) is 8.55. The summed E-state index contributed by atoms with van der Waals surface area (Å²) in [6, 6.07) is 7.68. The van der Waals surface area contributed by atoms with Crippen molar-refractivity contribution in [3.8, 4) is 5.88 Å². The van der Waals surface area contributed by atoms with Gasteiger partial charge in [-0.3, -0.25) is 4.79 Å². The highest BCUT2D eigenvalue weighted by Crippen LogP contribution is 2.25. The van der Waals surface area contributed by atoms with Gasteiger partial charge in [0.1, 0.15) is 11.6 Å². The first-order valence-electron chi connectivity index (χ1n) is 9.10. The third-order valence-corrected chi connectivity index (χ3v) is 4.38. The van der Waals surface area contributed by atoms with Crippen molar-refractivity contribution in [1.82, 2.24) is 19.7 Å². The molecule has 150 valence electrons. The molecular formula is C21H24N6O2. The van der Waals surface area contributed by atoms with Crippen LogP contribution in [-0.4, -0.2) is 32.6 Å². The highest BCUT2D eigenvalue weighted by Gasteiger charge is 2.12. The molecule has 0 bridgehead atoms.